The van der Waals surface area contributed by atoms with E-state index in [-0.39, 0.29) is 5.28 Å². The first-order valence-corrected chi connectivity index (χ1v) is 7.96. The molecule has 0 amide bonds. The van der Waals surface area contributed by atoms with Crippen LogP contribution in [0.2, 0.25) is 5.28 Å². The second-order valence-electron chi connectivity index (χ2n) is 6.28. The summed E-state index contributed by atoms with van der Waals surface area (Å²) in [6, 6.07) is 0.709. The van der Waals surface area contributed by atoms with E-state index in [0.717, 1.165) is 13.1 Å². The molecule has 0 N–H and O–H groups in total. The molecule has 1 aromatic rings. The number of aromatic nitrogens is 3. The van der Waals surface area contributed by atoms with Crippen LogP contribution in [0.15, 0.2) is 0 Å². The van der Waals surface area contributed by atoms with Gasteiger partial charge in [0.25, 0.3) is 0 Å². The molecule has 7 heteroatoms. The van der Waals surface area contributed by atoms with Gasteiger partial charge in [-0.25, -0.2) is 0 Å². The Hall–Kier alpha value is -1.14. The molecule has 2 aliphatic rings. The summed E-state index contributed by atoms with van der Waals surface area (Å²) in [4.78, 5) is 19.7. The van der Waals surface area contributed by atoms with Crippen LogP contribution in [0.3, 0.4) is 0 Å². The van der Waals surface area contributed by atoms with Crippen LogP contribution in [-0.2, 0) is 0 Å². The van der Waals surface area contributed by atoms with Gasteiger partial charge in [-0.15, -0.1) is 0 Å². The maximum absolute atomic E-state index is 6.05. The highest BCUT2D eigenvalue weighted by molar-refractivity contribution is 6.28. The Morgan fingerprint density at radius 2 is 1.95 bits per heavy atom. The van der Waals surface area contributed by atoms with E-state index >= 15 is 0 Å². The molecule has 2 fully saturated rings. The van der Waals surface area contributed by atoms with Crippen molar-refractivity contribution in [2.75, 3.05) is 50.6 Å². The number of piperidine rings is 2. The first-order chi connectivity index (χ1) is 10.0. The minimum atomic E-state index is 0.270. The second-order valence-corrected chi connectivity index (χ2v) is 6.62. The summed E-state index contributed by atoms with van der Waals surface area (Å²) in [6.45, 7) is 3.23. The first kappa shape index (κ1) is 14.8. The minimum absolute atomic E-state index is 0.270. The molecule has 0 aliphatic carbocycles. The molecule has 0 radical (unpaired) electrons. The molecule has 0 spiro atoms. The van der Waals surface area contributed by atoms with Crippen molar-refractivity contribution in [1.29, 1.82) is 0 Å². The van der Waals surface area contributed by atoms with Crippen molar-refractivity contribution >= 4 is 23.5 Å². The van der Waals surface area contributed by atoms with E-state index in [2.05, 4.69) is 31.8 Å². The first-order valence-electron chi connectivity index (χ1n) is 7.58. The van der Waals surface area contributed by atoms with Crippen molar-refractivity contribution in [1.82, 2.24) is 19.9 Å². The average molecular weight is 311 g/mol. The zero-order valence-corrected chi connectivity index (χ0v) is 13.7. The topological polar surface area (TPSA) is 48.4 Å². The Bertz CT molecular complexity index is 508. The van der Waals surface area contributed by atoms with Gasteiger partial charge in [-0.2, -0.15) is 15.0 Å². The lowest BCUT2D eigenvalue weighted by molar-refractivity contribution is 0.102. The smallest absolute Gasteiger partial charge is 0.231 e. The lowest BCUT2D eigenvalue weighted by atomic mass is 9.84. The van der Waals surface area contributed by atoms with Crippen LogP contribution in [0.5, 0.6) is 0 Å². The van der Waals surface area contributed by atoms with E-state index in [1.165, 1.54) is 25.8 Å². The number of fused-ring (bicyclic) bond motifs is 1. The number of anilines is 2. The van der Waals surface area contributed by atoms with E-state index in [4.69, 9.17) is 11.6 Å². The van der Waals surface area contributed by atoms with Gasteiger partial charge >= 0.3 is 0 Å². The summed E-state index contributed by atoms with van der Waals surface area (Å²) in [6.07, 6.45) is 3.75. The van der Waals surface area contributed by atoms with E-state index in [9.17, 15) is 0 Å². The zero-order chi connectivity index (χ0) is 15.0. The highest BCUT2D eigenvalue weighted by atomic mass is 35.5. The van der Waals surface area contributed by atoms with Crippen molar-refractivity contribution in [2.24, 2.45) is 5.92 Å². The summed E-state index contributed by atoms with van der Waals surface area (Å²) in [7, 11) is 6.08. The molecular formula is C14H23ClN6. The molecule has 2 saturated heterocycles. The summed E-state index contributed by atoms with van der Waals surface area (Å²) in [5.41, 5.74) is 0. The quantitative estimate of drug-likeness (QED) is 0.825. The van der Waals surface area contributed by atoms with Gasteiger partial charge in [-0.1, -0.05) is 0 Å². The lowest BCUT2D eigenvalue weighted by Crippen LogP contribution is -2.53. The summed E-state index contributed by atoms with van der Waals surface area (Å²) < 4.78 is 0. The molecule has 3 rings (SSSR count). The lowest BCUT2D eigenvalue weighted by Gasteiger charge is -2.45. The SMILES string of the molecule is CN(C)c1nc(Cl)nc(N2CCC3C(CCCN3C)C2)n1. The van der Waals surface area contributed by atoms with Gasteiger partial charge in [0, 0.05) is 33.2 Å². The Kier molecular flexibility index (Phi) is 4.17. The van der Waals surface area contributed by atoms with Gasteiger partial charge < -0.3 is 14.7 Å². The number of likely N-dealkylation sites (tertiary alicyclic amines) is 1. The summed E-state index contributed by atoms with van der Waals surface area (Å²) in [5.74, 6) is 2.04. The van der Waals surface area contributed by atoms with Gasteiger partial charge in [0.05, 0.1) is 0 Å². The fourth-order valence-electron chi connectivity index (χ4n) is 3.51. The normalized spacial score (nSPS) is 26.6. The predicted molar refractivity (Wildman–Crippen MR) is 85.1 cm³/mol. The minimum Gasteiger partial charge on any atom is -0.347 e. The molecule has 0 saturated carbocycles. The standard InChI is InChI=1S/C14H23ClN6/c1-19(2)13-16-12(15)17-14(18-13)21-8-6-11-10(9-21)5-4-7-20(11)3/h10-11H,4-9H2,1-3H3. The molecular weight excluding hydrogens is 288 g/mol. The largest absolute Gasteiger partial charge is 0.347 e. The van der Waals surface area contributed by atoms with Gasteiger partial charge in [0.2, 0.25) is 17.2 Å². The number of hydrogen-bond donors (Lipinski definition) is 0. The third-order valence-electron chi connectivity index (χ3n) is 4.61. The van der Waals surface area contributed by atoms with Crippen LogP contribution in [0.4, 0.5) is 11.9 Å². The van der Waals surface area contributed by atoms with Gasteiger partial charge in [-0.05, 0) is 50.4 Å². The molecule has 2 atom stereocenters. The van der Waals surface area contributed by atoms with Crippen LogP contribution >= 0.6 is 11.6 Å². The number of halogens is 1. The van der Waals surface area contributed by atoms with E-state index in [1.54, 1.807) is 0 Å². The maximum Gasteiger partial charge on any atom is 0.231 e. The third-order valence-corrected chi connectivity index (χ3v) is 4.78. The molecule has 2 aliphatic heterocycles. The van der Waals surface area contributed by atoms with Crippen molar-refractivity contribution in [3.05, 3.63) is 5.28 Å². The van der Waals surface area contributed by atoms with Crippen molar-refractivity contribution in [3.8, 4) is 0 Å². The third kappa shape index (κ3) is 3.06. The monoisotopic (exact) mass is 310 g/mol. The predicted octanol–water partition coefficient (Wildman–Crippen LogP) is 1.51. The van der Waals surface area contributed by atoms with Gasteiger partial charge in [-0.3, -0.25) is 0 Å². The molecule has 2 unspecified atom stereocenters. The van der Waals surface area contributed by atoms with Gasteiger partial charge in [0.15, 0.2) is 0 Å². The maximum atomic E-state index is 6.05. The van der Waals surface area contributed by atoms with Crippen LogP contribution in [0.1, 0.15) is 19.3 Å². The molecule has 1 aromatic heterocycles. The zero-order valence-electron chi connectivity index (χ0n) is 13.0. The fourth-order valence-corrected chi connectivity index (χ4v) is 3.66. The highest BCUT2D eigenvalue weighted by Gasteiger charge is 2.35. The van der Waals surface area contributed by atoms with Crippen LogP contribution in [-0.4, -0.2) is 66.7 Å². The highest BCUT2D eigenvalue weighted by Crippen LogP contribution is 2.31. The summed E-state index contributed by atoms with van der Waals surface area (Å²) >= 11 is 6.05. The molecule has 0 bridgehead atoms. The molecule has 3 heterocycles. The molecule has 116 valence electrons. The van der Waals surface area contributed by atoms with Crippen LogP contribution in [0.25, 0.3) is 0 Å². The molecule has 6 nitrogen and oxygen atoms in total. The Morgan fingerprint density at radius 1 is 1.14 bits per heavy atom. The second kappa shape index (κ2) is 5.93. The summed E-state index contributed by atoms with van der Waals surface area (Å²) in [5, 5.41) is 0.270. The van der Waals surface area contributed by atoms with Crippen molar-refractivity contribution in [2.45, 2.75) is 25.3 Å². The van der Waals surface area contributed by atoms with Gasteiger partial charge in [0.1, 0.15) is 0 Å². The van der Waals surface area contributed by atoms with E-state index in [0.29, 0.717) is 23.9 Å². The average Bonchev–Trinajstić information content (AvgIpc) is 2.46. The fraction of sp³-hybridized carbons (Fsp3) is 0.786. The number of nitrogens with zero attached hydrogens (tertiary/aromatic N) is 6. The van der Waals surface area contributed by atoms with E-state index < -0.39 is 0 Å². The van der Waals surface area contributed by atoms with Crippen LogP contribution < -0.4 is 9.80 Å². The molecule has 21 heavy (non-hydrogen) atoms. The van der Waals surface area contributed by atoms with Crippen molar-refractivity contribution in [3.63, 3.8) is 0 Å². The Labute approximate surface area is 131 Å². The number of hydrogen-bond acceptors (Lipinski definition) is 6. The number of rotatable bonds is 2. The Morgan fingerprint density at radius 3 is 2.71 bits per heavy atom. The van der Waals surface area contributed by atoms with Crippen molar-refractivity contribution < 1.29 is 0 Å². The Balaban J connectivity index is 1.79. The van der Waals surface area contributed by atoms with Crippen LogP contribution in [0, 0.1) is 5.92 Å². The van der Waals surface area contributed by atoms with E-state index in [1.807, 2.05) is 19.0 Å². The molecule has 0 aromatic carbocycles.